The van der Waals surface area contributed by atoms with Gasteiger partial charge in [-0.1, -0.05) is 13.8 Å². The van der Waals surface area contributed by atoms with E-state index in [-0.39, 0.29) is 18.2 Å². The standard InChI is InChI=1S/C25H30FN5O4/c1-13(2)8-18(27)25(32)34-15(4)11-33-21-10-31-23(16(21)5)24(28-12-29-31)35-20-7-6-19-17(22(20)26)9-14(3)30-19/h6-7,9-10,12-13,15,18,30H,8,11,27H2,1-5H3/t15-,18?/m1/s1. The van der Waals surface area contributed by atoms with Crippen LogP contribution in [0, 0.1) is 25.6 Å². The lowest BCUT2D eigenvalue weighted by molar-refractivity contribution is -0.151. The second-order valence-corrected chi connectivity index (χ2v) is 9.16. The van der Waals surface area contributed by atoms with Crippen molar-refractivity contribution in [3.05, 3.63) is 47.8 Å². The van der Waals surface area contributed by atoms with Gasteiger partial charge in [-0.05, 0) is 51.3 Å². The number of esters is 1. The van der Waals surface area contributed by atoms with E-state index in [1.54, 1.807) is 35.8 Å². The minimum Gasteiger partial charge on any atom is -0.488 e. The molecule has 0 radical (unpaired) electrons. The highest BCUT2D eigenvalue weighted by Gasteiger charge is 2.21. The fourth-order valence-electron chi connectivity index (χ4n) is 3.93. The number of carbonyl (C=O) groups is 1. The summed E-state index contributed by atoms with van der Waals surface area (Å²) in [7, 11) is 0. The van der Waals surface area contributed by atoms with Gasteiger partial charge in [0.1, 0.15) is 36.3 Å². The van der Waals surface area contributed by atoms with Crippen molar-refractivity contribution in [2.45, 2.75) is 53.2 Å². The third-order valence-electron chi connectivity index (χ3n) is 5.61. The zero-order valence-electron chi connectivity index (χ0n) is 20.5. The molecule has 35 heavy (non-hydrogen) atoms. The number of ether oxygens (including phenoxy) is 3. The molecule has 0 bridgehead atoms. The second kappa shape index (κ2) is 9.91. The predicted molar refractivity (Wildman–Crippen MR) is 129 cm³/mol. The molecule has 0 amide bonds. The first-order chi connectivity index (χ1) is 16.6. The van der Waals surface area contributed by atoms with E-state index < -0.39 is 23.9 Å². The molecule has 0 fully saturated rings. The Balaban J connectivity index is 1.50. The summed E-state index contributed by atoms with van der Waals surface area (Å²) >= 11 is 0. The van der Waals surface area contributed by atoms with Crippen LogP contribution in [0.2, 0.25) is 0 Å². The number of aromatic amines is 1. The molecule has 4 rings (SSSR count). The van der Waals surface area contributed by atoms with Crippen molar-refractivity contribution < 1.29 is 23.4 Å². The lowest BCUT2D eigenvalue weighted by Gasteiger charge is -2.18. The molecule has 9 nitrogen and oxygen atoms in total. The highest BCUT2D eigenvalue weighted by molar-refractivity contribution is 5.83. The van der Waals surface area contributed by atoms with Crippen LogP contribution >= 0.6 is 0 Å². The first-order valence-electron chi connectivity index (χ1n) is 11.5. The summed E-state index contributed by atoms with van der Waals surface area (Å²) in [5, 5.41) is 4.65. The molecule has 0 aliphatic carbocycles. The Bertz CT molecular complexity index is 1360. The molecule has 0 aliphatic heterocycles. The number of carbonyl (C=O) groups excluding carboxylic acids is 1. The maximum absolute atomic E-state index is 15.0. The van der Waals surface area contributed by atoms with Crippen molar-refractivity contribution in [3.63, 3.8) is 0 Å². The largest absolute Gasteiger partial charge is 0.488 e. The third kappa shape index (κ3) is 5.22. The average molecular weight is 484 g/mol. The number of aryl methyl sites for hydroxylation is 2. The minimum absolute atomic E-state index is 0.0541. The molecule has 0 aliphatic rings. The van der Waals surface area contributed by atoms with Crippen LogP contribution in [0.5, 0.6) is 17.4 Å². The highest BCUT2D eigenvalue weighted by atomic mass is 19.1. The van der Waals surface area contributed by atoms with Gasteiger partial charge in [-0.15, -0.1) is 0 Å². The smallest absolute Gasteiger partial charge is 0.323 e. The molecule has 0 spiro atoms. The number of H-pyrrole nitrogens is 1. The molecule has 3 aromatic heterocycles. The Morgan fingerprint density at radius 1 is 1.23 bits per heavy atom. The Kier molecular flexibility index (Phi) is 6.93. The van der Waals surface area contributed by atoms with E-state index >= 15 is 4.39 Å². The summed E-state index contributed by atoms with van der Waals surface area (Å²) < 4.78 is 33.8. The van der Waals surface area contributed by atoms with E-state index in [2.05, 4.69) is 15.1 Å². The summed E-state index contributed by atoms with van der Waals surface area (Å²) in [6, 6.07) is 4.38. The number of nitrogens with two attached hydrogens (primary N) is 1. The average Bonchev–Trinajstić information content (AvgIpc) is 3.34. The fourth-order valence-corrected chi connectivity index (χ4v) is 3.93. The molecular weight excluding hydrogens is 453 g/mol. The maximum Gasteiger partial charge on any atom is 0.323 e. The SMILES string of the molecule is Cc1cc2c(F)c(Oc3ncnn4cc(OC[C@@H](C)OC(=O)C(N)CC(C)C)c(C)c34)ccc2[nH]1. The van der Waals surface area contributed by atoms with Gasteiger partial charge in [-0.3, -0.25) is 4.79 Å². The van der Waals surface area contributed by atoms with Crippen LogP contribution in [0.1, 0.15) is 38.4 Å². The number of nitrogens with one attached hydrogen (secondary N) is 1. The van der Waals surface area contributed by atoms with Crippen molar-refractivity contribution in [2.24, 2.45) is 11.7 Å². The molecule has 4 aromatic rings. The van der Waals surface area contributed by atoms with E-state index in [4.69, 9.17) is 19.9 Å². The Hall–Kier alpha value is -3.66. The number of hydrogen-bond donors (Lipinski definition) is 2. The first kappa shape index (κ1) is 24.5. The third-order valence-corrected chi connectivity index (χ3v) is 5.61. The summed E-state index contributed by atoms with van der Waals surface area (Å²) in [6.45, 7) is 9.54. The number of hydrogen-bond acceptors (Lipinski definition) is 7. The number of rotatable bonds is 9. The quantitative estimate of drug-likeness (QED) is 0.338. The highest BCUT2D eigenvalue weighted by Crippen LogP contribution is 2.34. The van der Waals surface area contributed by atoms with Crippen LogP contribution in [0.15, 0.2) is 30.7 Å². The number of fused-ring (bicyclic) bond motifs is 2. The number of aromatic nitrogens is 4. The van der Waals surface area contributed by atoms with E-state index in [0.29, 0.717) is 40.1 Å². The van der Waals surface area contributed by atoms with E-state index in [9.17, 15) is 4.79 Å². The molecule has 10 heteroatoms. The number of halogens is 1. The maximum atomic E-state index is 15.0. The van der Waals surface area contributed by atoms with Gasteiger partial charge in [0.15, 0.2) is 11.6 Å². The fraction of sp³-hybridized carbons (Fsp3) is 0.400. The van der Waals surface area contributed by atoms with Crippen molar-refractivity contribution >= 4 is 22.4 Å². The lowest BCUT2D eigenvalue weighted by Crippen LogP contribution is -2.36. The molecule has 0 saturated carbocycles. The molecule has 1 aromatic carbocycles. The summed E-state index contributed by atoms with van der Waals surface area (Å²) in [5.74, 6) is 0.125. The van der Waals surface area contributed by atoms with E-state index in [1.807, 2.05) is 27.7 Å². The number of nitrogens with zero attached hydrogens (tertiary/aromatic N) is 3. The molecule has 3 heterocycles. The Labute approximate surface area is 202 Å². The lowest BCUT2D eigenvalue weighted by atomic mass is 10.1. The van der Waals surface area contributed by atoms with Crippen molar-refractivity contribution in [2.75, 3.05) is 6.61 Å². The van der Waals surface area contributed by atoms with Gasteiger partial charge in [-0.2, -0.15) is 10.1 Å². The second-order valence-electron chi connectivity index (χ2n) is 9.16. The minimum atomic E-state index is -0.666. The molecular formula is C25H30FN5O4. The zero-order valence-corrected chi connectivity index (χ0v) is 20.5. The van der Waals surface area contributed by atoms with Crippen LogP contribution in [-0.4, -0.2) is 44.3 Å². The van der Waals surface area contributed by atoms with Gasteiger partial charge in [0.05, 0.1) is 6.20 Å². The Morgan fingerprint density at radius 2 is 2.00 bits per heavy atom. The topological polar surface area (TPSA) is 117 Å². The van der Waals surface area contributed by atoms with Crippen LogP contribution < -0.4 is 15.2 Å². The van der Waals surface area contributed by atoms with E-state index in [1.165, 1.54) is 6.33 Å². The number of benzene rings is 1. The monoisotopic (exact) mass is 483 g/mol. The summed E-state index contributed by atoms with van der Waals surface area (Å²) in [4.78, 5) is 19.5. The van der Waals surface area contributed by atoms with Crippen LogP contribution in [0.4, 0.5) is 4.39 Å². The normalized spacial score (nSPS) is 13.4. The van der Waals surface area contributed by atoms with Crippen LogP contribution in [0.3, 0.4) is 0 Å². The van der Waals surface area contributed by atoms with Gasteiger partial charge in [0, 0.05) is 22.2 Å². The Morgan fingerprint density at radius 3 is 2.74 bits per heavy atom. The van der Waals surface area contributed by atoms with Gasteiger partial charge in [0.2, 0.25) is 5.88 Å². The van der Waals surface area contributed by atoms with Gasteiger partial charge >= 0.3 is 5.97 Å². The molecule has 1 unspecified atom stereocenters. The first-order valence-corrected chi connectivity index (χ1v) is 11.5. The van der Waals surface area contributed by atoms with Crippen molar-refractivity contribution in [3.8, 4) is 17.4 Å². The van der Waals surface area contributed by atoms with E-state index in [0.717, 1.165) is 5.69 Å². The molecule has 2 atom stereocenters. The van der Waals surface area contributed by atoms with Crippen LogP contribution in [-0.2, 0) is 9.53 Å². The molecule has 186 valence electrons. The zero-order chi connectivity index (χ0) is 25.3. The van der Waals surface area contributed by atoms with Gasteiger partial charge < -0.3 is 24.9 Å². The summed E-state index contributed by atoms with van der Waals surface area (Å²) in [6.07, 6.45) is 3.04. The van der Waals surface area contributed by atoms with Gasteiger partial charge in [0.25, 0.3) is 0 Å². The van der Waals surface area contributed by atoms with Crippen molar-refractivity contribution in [1.29, 1.82) is 0 Å². The molecule has 0 saturated heterocycles. The van der Waals surface area contributed by atoms with Crippen molar-refractivity contribution in [1.82, 2.24) is 19.6 Å². The van der Waals surface area contributed by atoms with Crippen LogP contribution in [0.25, 0.3) is 16.4 Å². The summed E-state index contributed by atoms with van der Waals surface area (Å²) in [5.41, 5.74) is 8.68. The van der Waals surface area contributed by atoms with Gasteiger partial charge in [-0.25, -0.2) is 8.91 Å². The predicted octanol–water partition coefficient (Wildman–Crippen LogP) is 4.44. The molecule has 3 N–H and O–H groups in total.